The Bertz CT molecular complexity index is 669. The maximum Gasteiger partial charge on any atom is 0.402 e. The molecule has 6 radical (unpaired) electrons. The molecule has 1 aromatic carbocycles. The molecular weight excluding hydrogens is 327 g/mol. The minimum absolute atomic E-state index is 0.111. The van der Waals surface area contributed by atoms with E-state index in [0.717, 1.165) is 0 Å². The van der Waals surface area contributed by atoms with Gasteiger partial charge in [0.05, 0.1) is 29.1 Å². The standard InChI is InChI=1S/C12H11B3F2O5S/c13-3-7-1-8(4-14)10(9(2-7)5-15)11(18)22-6-12(16,17)23(19,20)21/h1-2H,3-6H2,(H,19,20,21). The van der Waals surface area contributed by atoms with Crippen LogP contribution in [0.25, 0.3) is 0 Å². The fourth-order valence-corrected chi connectivity index (χ4v) is 2.05. The Hall–Kier alpha value is -1.35. The summed E-state index contributed by atoms with van der Waals surface area (Å²) in [6.45, 7) is -1.84. The summed E-state index contributed by atoms with van der Waals surface area (Å²) in [6, 6.07) is 2.99. The highest BCUT2D eigenvalue weighted by atomic mass is 32.2. The molecule has 0 aliphatic carbocycles. The number of alkyl halides is 2. The second-order valence-corrected chi connectivity index (χ2v) is 6.14. The van der Waals surface area contributed by atoms with E-state index in [1.165, 1.54) is 12.1 Å². The normalized spacial score (nSPS) is 12.1. The van der Waals surface area contributed by atoms with Gasteiger partial charge in [-0.25, -0.2) is 4.79 Å². The van der Waals surface area contributed by atoms with Gasteiger partial charge in [0, 0.05) is 0 Å². The van der Waals surface area contributed by atoms with Crippen LogP contribution in [0.4, 0.5) is 8.78 Å². The van der Waals surface area contributed by atoms with Crippen LogP contribution in [-0.4, -0.2) is 54.3 Å². The number of benzene rings is 1. The molecule has 23 heavy (non-hydrogen) atoms. The highest BCUT2D eigenvalue weighted by Gasteiger charge is 2.45. The van der Waals surface area contributed by atoms with Crippen molar-refractivity contribution in [2.75, 3.05) is 6.61 Å². The van der Waals surface area contributed by atoms with Gasteiger partial charge in [0.2, 0.25) is 0 Å². The van der Waals surface area contributed by atoms with E-state index in [0.29, 0.717) is 5.56 Å². The molecule has 0 aliphatic heterocycles. The fourth-order valence-electron chi connectivity index (χ4n) is 1.84. The third kappa shape index (κ3) is 4.57. The molecule has 0 aromatic heterocycles. The number of carbonyl (C=O) groups is 1. The molecule has 0 aliphatic rings. The van der Waals surface area contributed by atoms with Gasteiger partial charge in [-0.05, 0) is 11.1 Å². The zero-order chi connectivity index (χ0) is 17.8. The van der Waals surface area contributed by atoms with Crippen molar-refractivity contribution in [3.8, 4) is 0 Å². The van der Waals surface area contributed by atoms with Gasteiger partial charge in [-0.2, -0.15) is 17.2 Å². The smallest absolute Gasteiger partial charge is 0.402 e. The number of halogens is 2. The Morgan fingerprint density at radius 1 is 1.13 bits per heavy atom. The maximum atomic E-state index is 13.1. The van der Waals surface area contributed by atoms with Crippen LogP contribution in [0.1, 0.15) is 27.0 Å². The molecule has 1 N–H and O–H groups in total. The largest absolute Gasteiger partial charge is 0.454 e. The lowest BCUT2D eigenvalue weighted by Crippen LogP contribution is -2.34. The molecule has 0 spiro atoms. The van der Waals surface area contributed by atoms with Gasteiger partial charge in [0.25, 0.3) is 0 Å². The highest BCUT2D eigenvalue weighted by molar-refractivity contribution is 7.86. The van der Waals surface area contributed by atoms with Crippen molar-refractivity contribution in [2.45, 2.75) is 24.2 Å². The van der Waals surface area contributed by atoms with E-state index in [2.05, 4.69) is 4.74 Å². The molecule has 118 valence electrons. The number of hydrogen-bond acceptors (Lipinski definition) is 4. The summed E-state index contributed by atoms with van der Waals surface area (Å²) < 4.78 is 59.9. The SMILES string of the molecule is [B]Cc1cc(C[B])c(C(=O)OCC(F)(F)S(=O)(=O)O)c(C[B])c1. The lowest BCUT2D eigenvalue weighted by molar-refractivity contribution is -0.00961. The Kier molecular flexibility index (Phi) is 6.41. The molecule has 11 heteroatoms. The van der Waals surface area contributed by atoms with Crippen molar-refractivity contribution in [3.63, 3.8) is 0 Å². The summed E-state index contributed by atoms with van der Waals surface area (Å²) in [6.07, 6.45) is -0.0733. The Labute approximate surface area is 136 Å². The molecule has 5 nitrogen and oxygen atoms in total. The molecule has 0 saturated heterocycles. The zero-order valence-corrected chi connectivity index (χ0v) is 12.8. The first-order chi connectivity index (χ1) is 10.6. The van der Waals surface area contributed by atoms with Gasteiger partial charge in [-0.1, -0.05) is 36.7 Å². The van der Waals surface area contributed by atoms with Gasteiger partial charge in [-0.3, -0.25) is 4.55 Å². The fraction of sp³-hybridized carbons (Fsp3) is 0.417. The van der Waals surface area contributed by atoms with Crippen LogP contribution in [0.15, 0.2) is 12.1 Å². The van der Waals surface area contributed by atoms with E-state index in [9.17, 15) is 22.0 Å². The third-order valence-electron chi connectivity index (χ3n) is 2.99. The van der Waals surface area contributed by atoms with E-state index in [-0.39, 0.29) is 35.7 Å². The maximum absolute atomic E-state index is 13.1. The van der Waals surface area contributed by atoms with Crippen LogP contribution >= 0.6 is 0 Å². The molecule has 0 heterocycles. The minimum Gasteiger partial charge on any atom is -0.454 e. The third-order valence-corrected chi connectivity index (χ3v) is 3.86. The summed E-state index contributed by atoms with van der Waals surface area (Å²) >= 11 is 0. The monoisotopic (exact) mass is 338 g/mol. The second kappa shape index (κ2) is 7.48. The molecular formula is C12H11B3F2O5S. The molecule has 0 unspecified atom stereocenters. The Morgan fingerprint density at radius 3 is 1.96 bits per heavy atom. The molecule has 1 aromatic rings. The molecule has 0 bridgehead atoms. The topological polar surface area (TPSA) is 80.7 Å². The van der Waals surface area contributed by atoms with Gasteiger partial charge >= 0.3 is 21.3 Å². The first-order valence-corrected chi connectivity index (χ1v) is 7.78. The van der Waals surface area contributed by atoms with Crippen LogP contribution in [0.2, 0.25) is 0 Å². The van der Waals surface area contributed by atoms with Crippen molar-refractivity contribution in [3.05, 3.63) is 34.4 Å². The Balaban J connectivity index is 3.13. The number of ether oxygens (including phenoxy) is 1. The van der Waals surface area contributed by atoms with Crippen molar-refractivity contribution < 1.29 is 31.3 Å². The van der Waals surface area contributed by atoms with Gasteiger partial charge < -0.3 is 4.74 Å². The summed E-state index contributed by atoms with van der Waals surface area (Å²) in [5.74, 6) is -1.22. The molecule has 0 fully saturated rings. The quantitative estimate of drug-likeness (QED) is 0.440. The van der Waals surface area contributed by atoms with Gasteiger partial charge in [0.1, 0.15) is 0 Å². The second-order valence-electron chi connectivity index (χ2n) is 4.59. The highest BCUT2D eigenvalue weighted by Crippen LogP contribution is 2.24. The lowest BCUT2D eigenvalue weighted by atomic mass is 9.82. The van der Waals surface area contributed by atoms with Crippen molar-refractivity contribution in [2.24, 2.45) is 0 Å². The van der Waals surface area contributed by atoms with Crippen molar-refractivity contribution in [1.29, 1.82) is 0 Å². The molecule has 0 saturated carbocycles. The first-order valence-electron chi connectivity index (χ1n) is 6.34. The number of esters is 1. The number of hydrogen-bond donors (Lipinski definition) is 1. The lowest BCUT2D eigenvalue weighted by Gasteiger charge is -2.17. The van der Waals surface area contributed by atoms with E-state index in [4.69, 9.17) is 28.1 Å². The van der Waals surface area contributed by atoms with Crippen molar-refractivity contribution >= 4 is 39.6 Å². The minimum atomic E-state index is -5.70. The van der Waals surface area contributed by atoms with E-state index >= 15 is 0 Å². The van der Waals surface area contributed by atoms with Crippen LogP contribution < -0.4 is 0 Å². The van der Waals surface area contributed by atoms with E-state index in [1.807, 2.05) is 0 Å². The summed E-state index contributed by atoms with van der Waals surface area (Å²) in [4.78, 5) is 12.0. The average molecular weight is 338 g/mol. The van der Waals surface area contributed by atoms with E-state index in [1.54, 1.807) is 0 Å². The predicted molar refractivity (Wildman–Crippen MR) is 81.6 cm³/mol. The summed E-state index contributed by atoms with van der Waals surface area (Å²) in [7, 11) is 10.8. The van der Waals surface area contributed by atoms with Crippen LogP contribution in [-0.2, 0) is 33.8 Å². The zero-order valence-electron chi connectivity index (χ0n) is 12.0. The Morgan fingerprint density at radius 2 is 1.61 bits per heavy atom. The molecule has 0 atom stereocenters. The van der Waals surface area contributed by atoms with Crippen LogP contribution in [0.3, 0.4) is 0 Å². The average Bonchev–Trinajstić information content (AvgIpc) is 2.49. The van der Waals surface area contributed by atoms with Crippen LogP contribution in [0, 0.1) is 0 Å². The van der Waals surface area contributed by atoms with Crippen LogP contribution in [0.5, 0.6) is 0 Å². The van der Waals surface area contributed by atoms with E-state index < -0.39 is 27.9 Å². The first kappa shape index (κ1) is 19.7. The number of carbonyl (C=O) groups excluding carboxylic acids is 1. The molecule has 1 rings (SSSR count). The number of rotatable bonds is 7. The summed E-state index contributed by atoms with van der Waals surface area (Å²) in [5.41, 5.74) is 1.05. The molecule has 0 amide bonds. The van der Waals surface area contributed by atoms with Crippen molar-refractivity contribution in [1.82, 2.24) is 0 Å². The van der Waals surface area contributed by atoms with Gasteiger partial charge in [-0.15, -0.1) is 0 Å². The summed E-state index contributed by atoms with van der Waals surface area (Å²) in [5, 5.41) is -4.62. The predicted octanol–water partition coefficient (Wildman–Crippen LogP) is 0.329. The van der Waals surface area contributed by atoms with Gasteiger partial charge in [0.15, 0.2) is 6.61 Å².